The van der Waals surface area contributed by atoms with Gasteiger partial charge in [-0.2, -0.15) is 11.8 Å². The van der Waals surface area contributed by atoms with Gasteiger partial charge in [-0.1, -0.05) is 0 Å². The Kier molecular flexibility index (Phi) is 10.4. The molecular formula is C17H27ClNO5S-. The fourth-order valence-electron chi connectivity index (χ4n) is 2.67. The van der Waals surface area contributed by atoms with Crippen LogP contribution in [0.4, 0.5) is 0 Å². The molecule has 0 amide bonds. The normalized spacial score (nSPS) is 16.0. The zero-order valence-electron chi connectivity index (χ0n) is 15.0. The average Bonchev–Trinajstić information content (AvgIpc) is 2.61. The smallest absolute Gasteiger partial charge is 0.203 e. The fourth-order valence-corrected chi connectivity index (χ4v) is 3.64. The third kappa shape index (κ3) is 6.75. The van der Waals surface area contributed by atoms with E-state index in [1.54, 1.807) is 21.3 Å². The molecule has 1 atom stereocenters. The molecule has 2 rings (SSSR count). The van der Waals surface area contributed by atoms with Crippen LogP contribution in [0.1, 0.15) is 5.56 Å². The van der Waals surface area contributed by atoms with E-state index < -0.39 is 6.10 Å². The molecule has 0 spiro atoms. The van der Waals surface area contributed by atoms with Crippen LogP contribution in [0.25, 0.3) is 0 Å². The second-order valence-electron chi connectivity index (χ2n) is 5.62. The Labute approximate surface area is 160 Å². The molecule has 6 nitrogen and oxygen atoms in total. The average molecular weight is 393 g/mol. The lowest BCUT2D eigenvalue weighted by Gasteiger charge is -2.28. The highest BCUT2D eigenvalue weighted by Gasteiger charge is 2.16. The van der Waals surface area contributed by atoms with E-state index in [0.29, 0.717) is 37.0 Å². The minimum absolute atomic E-state index is 0. The molecule has 1 aromatic carbocycles. The summed E-state index contributed by atoms with van der Waals surface area (Å²) in [7, 11) is 4.75. The molecule has 1 unspecified atom stereocenters. The van der Waals surface area contributed by atoms with Gasteiger partial charge in [-0.25, -0.2) is 0 Å². The molecule has 1 heterocycles. The van der Waals surface area contributed by atoms with Gasteiger partial charge in [-0.3, -0.25) is 4.90 Å². The van der Waals surface area contributed by atoms with E-state index >= 15 is 0 Å². The van der Waals surface area contributed by atoms with Gasteiger partial charge < -0.3 is 36.5 Å². The Balaban J connectivity index is 0.00000312. The monoisotopic (exact) mass is 392 g/mol. The molecule has 1 aliphatic rings. The van der Waals surface area contributed by atoms with E-state index in [0.717, 1.165) is 30.2 Å². The van der Waals surface area contributed by atoms with Gasteiger partial charge in [0.1, 0.15) is 0 Å². The minimum Gasteiger partial charge on any atom is -1.00 e. The molecule has 1 saturated heterocycles. The molecule has 0 aliphatic carbocycles. The topological polar surface area (TPSA) is 60.4 Å². The number of ether oxygens (including phenoxy) is 4. The number of aliphatic hydroxyl groups excluding tert-OH is 1. The molecule has 0 radical (unpaired) electrons. The van der Waals surface area contributed by atoms with Crippen molar-refractivity contribution in [1.82, 2.24) is 4.90 Å². The quantitative estimate of drug-likeness (QED) is 0.557. The Morgan fingerprint density at radius 1 is 1.08 bits per heavy atom. The first-order valence-electron chi connectivity index (χ1n) is 8.02. The minimum atomic E-state index is -0.477. The number of β-amino-alcohol motifs (C(OH)–C–C–N with tert-alkyl or cyclic N) is 1. The molecule has 144 valence electrons. The predicted molar refractivity (Wildman–Crippen MR) is 95.5 cm³/mol. The van der Waals surface area contributed by atoms with Crippen molar-refractivity contribution >= 4 is 11.8 Å². The Bertz CT molecular complexity index is 489. The first kappa shape index (κ1) is 22.2. The molecule has 1 N–H and O–H groups in total. The maximum atomic E-state index is 10.1. The summed E-state index contributed by atoms with van der Waals surface area (Å²) in [5, 5.41) is 10.1. The van der Waals surface area contributed by atoms with Crippen LogP contribution >= 0.6 is 11.8 Å². The molecule has 1 aliphatic heterocycles. The van der Waals surface area contributed by atoms with E-state index in [1.807, 2.05) is 23.9 Å². The van der Waals surface area contributed by atoms with E-state index in [2.05, 4.69) is 4.90 Å². The van der Waals surface area contributed by atoms with Crippen molar-refractivity contribution in [2.75, 3.05) is 59.1 Å². The standard InChI is InChI=1S/C17H27NO5S.ClH/c1-20-15-8-13(9-16(21-2)17(15)22-3)11-23-12-14(19)10-18-4-6-24-7-5-18;/h8-9,14,19H,4-7,10-12H2,1-3H3;1H/p-1. The number of halogens is 1. The highest BCUT2D eigenvalue weighted by atomic mass is 35.5. The first-order chi connectivity index (χ1) is 11.7. The lowest BCUT2D eigenvalue weighted by Crippen LogP contribution is -3.00. The Morgan fingerprint density at radius 3 is 2.20 bits per heavy atom. The third-order valence-electron chi connectivity index (χ3n) is 3.88. The number of methoxy groups -OCH3 is 3. The summed E-state index contributed by atoms with van der Waals surface area (Å²) in [6.07, 6.45) is -0.477. The zero-order valence-corrected chi connectivity index (χ0v) is 16.6. The third-order valence-corrected chi connectivity index (χ3v) is 4.82. The summed E-state index contributed by atoms with van der Waals surface area (Å²) in [5.41, 5.74) is 0.908. The van der Waals surface area contributed by atoms with E-state index in [9.17, 15) is 5.11 Å². The van der Waals surface area contributed by atoms with E-state index in [1.165, 1.54) is 0 Å². The molecule has 8 heteroatoms. The van der Waals surface area contributed by atoms with Gasteiger partial charge >= 0.3 is 0 Å². The van der Waals surface area contributed by atoms with Crippen LogP contribution in [0, 0.1) is 0 Å². The highest BCUT2D eigenvalue weighted by molar-refractivity contribution is 7.99. The molecule has 0 saturated carbocycles. The second-order valence-corrected chi connectivity index (χ2v) is 6.84. The summed E-state index contributed by atoms with van der Waals surface area (Å²) in [5.74, 6) is 4.04. The molecular weight excluding hydrogens is 366 g/mol. The van der Waals surface area contributed by atoms with Crippen molar-refractivity contribution in [3.8, 4) is 17.2 Å². The lowest BCUT2D eigenvalue weighted by atomic mass is 10.2. The SMILES string of the molecule is COc1cc(COCC(O)CN2CCSCC2)cc(OC)c1OC.[Cl-]. The Morgan fingerprint density at radius 2 is 1.68 bits per heavy atom. The summed E-state index contributed by atoms with van der Waals surface area (Å²) >= 11 is 1.96. The zero-order chi connectivity index (χ0) is 17.4. The van der Waals surface area contributed by atoms with Crippen LogP contribution < -0.4 is 26.6 Å². The van der Waals surface area contributed by atoms with Crippen molar-refractivity contribution in [2.24, 2.45) is 0 Å². The fraction of sp³-hybridized carbons (Fsp3) is 0.647. The number of rotatable bonds is 9. The number of thioether (sulfide) groups is 1. The molecule has 1 fully saturated rings. The molecule has 0 bridgehead atoms. The number of hydrogen-bond donors (Lipinski definition) is 1. The largest absolute Gasteiger partial charge is 1.00 e. The summed E-state index contributed by atoms with van der Waals surface area (Å²) in [4.78, 5) is 2.28. The predicted octanol–water partition coefficient (Wildman–Crippen LogP) is -1.36. The van der Waals surface area contributed by atoms with Crippen molar-refractivity contribution in [3.05, 3.63) is 17.7 Å². The van der Waals surface area contributed by atoms with Crippen LogP contribution in [0.2, 0.25) is 0 Å². The Hall–Kier alpha value is -0.860. The van der Waals surface area contributed by atoms with Gasteiger partial charge in [0, 0.05) is 31.1 Å². The van der Waals surface area contributed by atoms with Crippen LogP contribution in [-0.4, -0.2) is 75.2 Å². The van der Waals surface area contributed by atoms with Crippen molar-refractivity contribution in [1.29, 1.82) is 0 Å². The van der Waals surface area contributed by atoms with Crippen LogP contribution in [-0.2, 0) is 11.3 Å². The number of hydrogen-bond acceptors (Lipinski definition) is 7. The van der Waals surface area contributed by atoms with Gasteiger partial charge in [-0.05, 0) is 17.7 Å². The number of nitrogens with zero attached hydrogens (tertiary/aromatic N) is 1. The first-order valence-corrected chi connectivity index (χ1v) is 9.18. The highest BCUT2D eigenvalue weighted by Crippen LogP contribution is 2.38. The molecule has 0 aromatic heterocycles. The number of aliphatic hydroxyl groups is 1. The summed E-state index contributed by atoms with van der Waals surface area (Å²) in [6, 6.07) is 3.71. The van der Waals surface area contributed by atoms with Gasteiger partial charge in [-0.15, -0.1) is 0 Å². The lowest BCUT2D eigenvalue weighted by molar-refractivity contribution is -0.0000107. The van der Waals surface area contributed by atoms with Gasteiger partial charge in [0.15, 0.2) is 11.5 Å². The van der Waals surface area contributed by atoms with Crippen molar-refractivity contribution in [3.63, 3.8) is 0 Å². The van der Waals surface area contributed by atoms with Crippen LogP contribution in [0.15, 0.2) is 12.1 Å². The number of benzene rings is 1. The van der Waals surface area contributed by atoms with E-state index in [-0.39, 0.29) is 12.4 Å². The van der Waals surface area contributed by atoms with Crippen LogP contribution in [0.5, 0.6) is 17.2 Å². The van der Waals surface area contributed by atoms with Crippen molar-refractivity contribution in [2.45, 2.75) is 12.7 Å². The van der Waals surface area contributed by atoms with Gasteiger partial charge in [0.25, 0.3) is 0 Å². The van der Waals surface area contributed by atoms with Gasteiger partial charge in [0.05, 0.1) is 40.6 Å². The van der Waals surface area contributed by atoms with Crippen LogP contribution in [0.3, 0.4) is 0 Å². The molecule has 1 aromatic rings. The second kappa shape index (κ2) is 11.7. The van der Waals surface area contributed by atoms with Crippen molar-refractivity contribution < 1.29 is 36.5 Å². The summed E-state index contributed by atoms with van der Waals surface area (Å²) in [6.45, 7) is 3.42. The van der Waals surface area contributed by atoms with Gasteiger partial charge in [0.2, 0.25) is 5.75 Å². The maximum Gasteiger partial charge on any atom is 0.203 e. The maximum absolute atomic E-state index is 10.1. The van der Waals surface area contributed by atoms with E-state index in [4.69, 9.17) is 18.9 Å². The summed E-state index contributed by atoms with van der Waals surface area (Å²) < 4.78 is 21.6. The molecule has 25 heavy (non-hydrogen) atoms.